The maximum absolute atomic E-state index is 11.9. The van der Waals surface area contributed by atoms with Gasteiger partial charge in [0, 0.05) is 13.1 Å². The van der Waals surface area contributed by atoms with Crippen molar-refractivity contribution in [2.45, 2.75) is 53.2 Å². The Morgan fingerprint density at radius 2 is 1.72 bits per heavy atom. The lowest BCUT2D eigenvalue weighted by atomic mass is 10.2. The summed E-state index contributed by atoms with van der Waals surface area (Å²) in [6, 6.07) is -0.377. The Morgan fingerprint density at radius 1 is 1.22 bits per heavy atom. The molecule has 0 fully saturated rings. The minimum absolute atomic E-state index is 0.00330. The number of carbonyl (C=O) groups is 2. The van der Waals surface area contributed by atoms with Gasteiger partial charge in [-0.05, 0) is 41.5 Å². The molecule has 0 aliphatic carbocycles. The molecule has 1 N–H and O–H groups in total. The van der Waals surface area contributed by atoms with Gasteiger partial charge in [-0.25, -0.2) is 0 Å². The van der Waals surface area contributed by atoms with E-state index in [0.717, 1.165) is 0 Å². The second-order valence-electron chi connectivity index (χ2n) is 5.20. The number of likely N-dealkylation sites (N-methyl/N-ethyl adjacent to an activating group) is 1. The zero-order valence-corrected chi connectivity index (χ0v) is 12.4. The van der Waals surface area contributed by atoms with Crippen molar-refractivity contribution in [3.8, 4) is 0 Å². The molecule has 0 aliphatic rings. The first-order chi connectivity index (χ1) is 8.21. The second kappa shape index (κ2) is 7.36. The van der Waals surface area contributed by atoms with Crippen molar-refractivity contribution < 1.29 is 14.3 Å². The average Bonchev–Trinajstić information content (AvgIpc) is 2.25. The van der Waals surface area contributed by atoms with E-state index in [1.807, 2.05) is 34.6 Å². The Bertz CT molecular complexity index is 280. The summed E-state index contributed by atoms with van der Waals surface area (Å²) in [5.41, 5.74) is -0.495. The normalized spacial score (nSPS) is 13.0. The first kappa shape index (κ1) is 16.9. The Labute approximate surface area is 110 Å². The summed E-state index contributed by atoms with van der Waals surface area (Å²) in [4.78, 5) is 25.1. The van der Waals surface area contributed by atoms with Gasteiger partial charge in [-0.3, -0.25) is 14.9 Å². The maximum atomic E-state index is 11.9. The number of rotatable bonds is 6. The van der Waals surface area contributed by atoms with Crippen molar-refractivity contribution in [1.82, 2.24) is 10.2 Å². The number of ether oxygens (including phenoxy) is 1. The Morgan fingerprint density at radius 3 is 2.11 bits per heavy atom. The molecular weight excluding hydrogens is 232 g/mol. The van der Waals surface area contributed by atoms with Crippen LogP contribution in [0.5, 0.6) is 0 Å². The van der Waals surface area contributed by atoms with Crippen LogP contribution in [0, 0.1) is 0 Å². The van der Waals surface area contributed by atoms with Crippen molar-refractivity contribution in [1.29, 1.82) is 0 Å². The van der Waals surface area contributed by atoms with E-state index in [1.165, 1.54) is 0 Å². The molecule has 1 unspecified atom stereocenters. The highest BCUT2D eigenvalue weighted by atomic mass is 16.6. The predicted octanol–water partition coefficient (Wildman–Crippen LogP) is 1.17. The second-order valence-corrected chi connectivity index (χ2v) is 5.20. The van der Waals surface area contributed by atoms with Gasteiger partial charge < -0.3 is 9.64 Å². The molecular formula is C13H26N2O3. The van der Waals surface area contributed by atoms with E-state index < -0.39 is 5.60 Å². The molecule has 0 spiro atoms. The van der Waals surface area contributed by atoms with Crippen LogP contribution in [-0.2, 0) is 14.3 Å². The SMILES string of the molecule is CCN(CC)C(=O)C(C)NCC(=O)OC(C)(C)C. The van der Waals surface area contributed by atoms with Gasteiger partial charge in [0.25, 0.3) is 0 Å². The first-order valence-electron chi connectivity index (χ1n) is 6.45. The topological polar surface area (TPSA) is 58.6 Å². The van der Waals surface area contributed by atoms with Gasteiger partial charge in [-0.1, -0.05) is 0 Å². The highest BCUT2D eigenvalue weighted by molar-refractivity contribution is 5.82. The Balaban J connectivity index is 4.14. The molecule has 5 nitrogen and oxygen atoms in total. The molecule has 1 atom stereocenters. The van der Waals surface area contributed by atoms with Crippen LogP contribution in [0.25, 0.3) is 0 Å². The molecule has 0 rings (SSSR count). The lowest BCUT2D eigenvalue weighted by molar-refractivity contribution is -0.153. The maximum Gasteiger partial charge on any atom is 0.320 e. The monoisotopic (exact) mass is 258 g/mol. The van der Waals surface area contributed by atoms with Crippen LogP contribution in [0.15, 0.2) is 0 Å². The van der Waals surface area contributed by atoms with Crippen LogP contribution in [0.3, 0.4) is 0 Å². The van der Waals surface area contributed by atoms with Gasteiger partial charge in [-0.15, -0.1) is 0 Å². The van der Waals surface area contributed by atoms with E-state index in [1.54, 1.807) is 11.8 Å². The minimum atomic E-state index is -0.495. The van der Waals surface area contributed by atoms with Crippen LogP contribution in [0.2, 0.25) is 0 Å². The van der Waals surface area contributed by atoms with E-state index in [4.69, 9.17) is 4.74 Å². The molecule has 0 radical (unpaired) electrons. The fourth-order valence-electron chi connectivity index (χ4n) is 1.51. The van der Waals surface area contributed by atoms with E-state index in [0.29, 0.717) is 13.1 Å². The zero-order valence-electron chi connectivity index (χ0n) is 12.4. The number of hydrogen-bond acceptors (Lipinski definition) is 4. The largest absolute Gasteiger partial charge is 0.459 e. The number of nitrogens with one attached hydrogen (secondary N) is 1. The van der Waals surface area contributed by atoms with Crippen molar-refractivity contribution in [2.24, 2.45) is 0 Å². The number of esters is 1. The zero-order chi connectivity index (χ0) is 14.3. The summed E-state index contributed by atoms with van der Waals surface area (Å²) in [7, 11) is 0. The molecule has 0 heterocycles. The molecule has 0 aromatic heterocycles. The highest BCUT2D eigenvalue weighted by Crippen LogP contribution is 2.06. The van der Waals surface area contributed by atoms with E-state index in [9.17, 15) is 9.59 Å². The smallest absolute Gasteiger partial charge is 0.320 e. The average molecular weight is 258 g/mol. The van der Waals surface area contributed by atoms with E-state index in [2.05, 4.69) is 5.32 Å². The summed E-state index contributed by atoms with van der Waals surface area (Å²) in [5.74, 6) is -0.342. The van der Waals surface area contributed by atoms with Crippen LogP contribution >= 0.6 is 0 Å². The molecule has 0 saturated carbocycles. The molecule has 18 heavy (non-hydrogen) atoms. The lowest BCUT2D eigenvalue weighted by Gasteiger charge is -2.24. The van der Waals surface area contributed by atoms with E-state index in [-0.39, 0.29) is 24.5 Å². The van der Waals surface area contributed by atoms with Crippen LogP contribution in [0.1, 0.15) is 41.5 Å². The molecule has 0 aromatic rings. The third kappa shape index (κ3) is 6.59. The first-order valence-corrected chi connectivity index (χ1v) is 6.45. The Kier molecular flexibility index (Phi) is 6.91. The van der Waals surface area contributed by atoms with Gasteiger partial charge in [0.15, 0.2) is 0 Å². The van der Waals surface area contributed by atoms with Gasteiger partial charge in [0.05, 0.1) is 12.6 Å². The fraction of sp³-hybridized carbons (Fsp3) is 0.846. The molecule has 106 valence electrons. The summed E-state index contributed by atoms with van der Waals surface area (Å²) in [6.07, 6.45) is 0. The molecule has 0 bridgehead atoms. The molecule has 0 aromatic carbocycles. The van der Waals surface area contributed by atoms with Gasteiger partial charge in [0.1, 0.15) is 5.60 Å². The molecule has 5 heteroatoms. The van der Waals surface area contributed by atoms with E-state index >= 15 is 0 Å². The highest BCUT2D eigenvalue weighted by Gasteiger charge is 2.20. The van der Waals surface area contributed by atoms with Crippen molar-refractivity contribution in [2.75, 3.05) is 19.6 Å². The molecule has 1 amide bonds. The summed E-state index contributed by atoms with van der Waals surface area (Å²) in [6.45, 7) is 12.5. The van der Waals surface area contributed by atoms with Gasteiger partial charge in [-0.2, -0.15) is 0 Å². The molecule has 0 saturated heterocycles. The summed E-state index contributed by atoms with van der Waals surface area (Å²) in [5, 5.41) is 2.89. The van der Waals surface area contributed by atoms with Crippen molar-refractivity contribution >= 4 is 11.9 Å². The standard InChI is InChI=1S/C13H26N2O3/c1-7-15(8-2)12(17)10(3)14-9-11(16)18-13(4,5)6/h10,14H,7-9H2,1-6H3. The summed E-state index contributed by atoms with van der Waals surface area (Å²) >= 11 is 0. The van der Waals surface area contributed by atoms with Crippen molar-refractivity contribution in [3.63, 3.8) is 0 Å². The van der Waals surface area contributed by atoms with Crippen LogP contribution in [-0.4, -0.2) is 48.1 Å². The molecule has 0 aliphatic heterocycles. The number of nitrogens with zero attached hydrogens (tertiary/aromatic N) is 1. The fourth-order valence-corrected chi connectivity index (χ4v) is 1.51. The minimum Gasteiger partial charge on any atom is -0.459 e. The number of amides is 1. The quantitative estimate of drug-likeness (QED) is 0.727. The van der Waals surface area contributed by atoms with Gasteiger partial charge >= 0.3 is 5.97 Å². The number of carbonyl (C=O) groups excluding carboxylic acids is 2. The van der Waals surface area contributed by atoms with Crippen LogP contribution in [0.4, 0.5) is 0 Å². The van der Waals surface area contributed by atoms with Crippen molar-refractivity contribution in [3.05, 3.63) is 0 Å². The Hall–Kier alpha value is -1.10. The predicted molar refractivity (Wildman–Crippen MR) is 71.2 cm³/mol. The third-order valence-corrected chi connectivity index (χ3v) is 2.42. The van der Waals surface area contributed by atoms with Gasteiger partial charge in [0.2, 0.25) is 5.91 Å². The van der Waals surface area contributed by atoms with Crippen LogP contribution < -0.4 is 5.32 Å². The third-order valence-electron chi connectivity index (χ3n) is 2.42. The summed E-state index contributed by atoms with van der Waals surface area (Å²) < 4.78 is 5.15. The lowest BCUT2D eigenvalue weighted by Crippen LogP contribution is -2.46. The number of hydrogen-bond donors (Lipinski definition) is 1.